The zero-order valence-electron chi connectivity index (χ0n) is 14.7. The fraction of sp³-hybridized carbons (Fsp3) is 0.350. The Labute approximate surface area is 148 Å². The van der Waals surface area contributed by atoms with E-state index < -0.39 is 0 Å². The summed E-state index contributed by atoms with van der Waals surface area (Å²) < 4.78 is 5.51. The fourth-order valence-electron chi connectivity index (χ4n) is 3.22. The molecule has 1 saturated heterocycles. The molecule has 2 aromatic rings. The van der Waals surface area contributed by atoms with E-state index in [9.17, 15) is 9.90 Å². The summed E-state index contributed by atoms with van der Waals surface area (Å²) in [6.07, 6.45) is 1.94. The number of nitrogens with zero attached hydrogens (tertiary/aromatic N) is 2. The van der Waals surface area contributed by atoms with Gasteiger partial charge in [-0.1, -0.05) is 24.3 Å². The number of rotatable bonds is 5. The van der Waals surface area contributed by atoms with Gasteiger partial charge < -0.3 is 19.6 Å². The largest absolute Gasteiger partial charge is 0.504 e. The molecule has 0 spiro atoms. The van der Waals surface area contributed by atoms with Crippen LogP contribution in [0.25, 0.3) is 0 Å². The molecule has 0 aliphatic carbocycles. The molecule has 25 heavy (non-hydrogen) atoms. The molecule has 5 heteroatoms. The lowest BCUT2D eigenvalue weighted by atomic mass is 10.0. The van der Waals surface area contributed by atoms with Gasteiger partial charge in [-0.3, -0.25) is 4.79 Å². The maximum absolute atomic E-state index is 12.6. The smallest absolute Gasteiger partial charge is 0.261 e. The molecule has 1 N–H and O–H groups in total. The van der Waals surface area contributed by atoms with E-state index >= 15 is 0 Å². The first-order valence-electron chi connectivity index (χ1n) is 8.54. The highest BCUT2D eigenvalue weighted by Crippen LogP contribution is 2.33. The maximum Gasteiger partial charge on any atom is 0.261 e. The van der Waals surface area contributed by atoms with Crippen molar-refractivity contribution in [1.29, 1.82) is 0 Å². The monoisotopic (exact) mass is 340 g/mol. The van der Waals surface area contributed by atoms with E-state index in [0.29, 0.717) is 5.75 Å². The molecular formula is C20H24N2O3. The van der Waals surface area contributed by atoms with Gasteiger partial charge in [0.2, 0.25) is 0 Å². The third-order valence-corrected chi connectivity index (χ3v) is 4.56. The summed E-state index contributed by atoms with van der Waals surface area (Å²) in [5.74, 6) is 0.328. The average Bonchev–Trinajstić information content (AvgIpc) is 3.11. The number of phenolic OH excluding ortho intramolecular Hbond substituents is 1. The molecule has 1 fully saturated rings. The quantitative estimate of drug-likeness (QED) is 0.908. The van der Waals surface area contributed by atoms with E-state index in [4.69, 9.17) is 4.74 Å². The highest BCUT2D eigenvalue weighted by molar-refractivity contribution is 5.78. The van der Waals surface area contributed by atoms with Crippen LogP contribution in [0.2, 0.25) is 0 Å². The summed E-state index contributed by atoms with van der Waals surface area (Å²) in [6.45, 7) is 0.668. The minimum absolute atomic E-state index is 0.0481. The minimum atomic E-state index is -0.0680. The number of ether oxygens (including phenoxy) is 1. The van der Waals surface area contributed by atoms with Crippen molar-refractivity contribution in [2.75, 3.05) is 32.1 Å². The summed E-state index contributed by atoms with van der Waals surface area (Å²) >= 11 is 0. The average molecular weight is 340 g/mol. The minimum Gasteiger partial charge on any atom is -0.504 e. The number of aromatic hydroxyl groups is 1. The standard InChI is InChI=1S/C20H24N2O3/c1-21(2)16-8-5-7-15(13-16)17-9-6-12-22(17)20(24)14-25-19-11-4-3-10-18(19)23/h3-5,7-8,10-11,13,17,23H,6,9,12,14H2,1-2H3/t17-/m1/s1. The van der Waals surface area contributed by atoms with Gasteiger partial charge in [-0.25, -0.2) is 0 Å². The number of likely N-dealkylation sites (tertiary alicyclic amines) is 1. The van der Waals surface area contributed by atoms with E-state index in [0.717, 1.165) is 30.6 Å². The third kappa shape index (κ3) is 3.87. The Morgan fingerprint density at radius 1 is 1.24 bits per heavy atom. The Kier molecular flexibility index (Phi) is 5.12. The van der Waals surface area contributed by atoms with E-state index in [2.05, 4.69) is 23.1 Å². The summed E-state index contributed by atoms with van der Waals surface area (Å²) in [5, 5.41) is 9.75. The Balaban J connectivity index is 1.70. The number of hydrogen-bond donors (Lipinski definition) is 1. The summed E-state index contributed by atoms with van der Waals surface area (Å²) in [4.78, 5) is 16.6. The van der Waals surface area contributed by atoms with Gasteiger partial charge >= 0.3 is 0 Å². The highest BCUT2D eigenvalue weighted by atomic mass is 16.5. The Morgan fingerprint density at radius 2 is 2.04 bits per heavy atom. The highest BCUT2D eigenvalue weighted by Gasteiger charge is 2.30. The van der Waals surface area contributed by atoms with Crippen molar-refractivity contribution in [2.24, 2.45) is 0 Å². The zero-order valence-corrected chi connectivity index (χ0v) is 14.7. The van der Waals surface area contributed by atoms with Crippen molar-refractivity contribution in [3.8, 4) is 11.5 Å². The number of para-hydroxylation sites is 2. The lowest BCUT2D eigenvalue weighted by Gasteiger charge is -2.26. The van der Waals surface area contributed by atoms with Gasteiger partial charge in [-0.2, -0.15) is 0 Å². The van der Waals surface area contributed by atoms with Crippen LogP contribution in [0.15, 0.2) is 48.5 Å². The molecule has 0 bridgehead atoms. The maximum atomic E-state index is 12.6. The first-order valence-corrected chi connectivity index (χ1v) is 8.54. The van der Waals surface area contributed by atoms with Crippen LogP contribution in [0.4, 0.5) is 5.69 Å². The van der Waals surface area contributed by atoms with E-state index in [-0.39, 0.29) is 24.3 Å². The Bertz CT molecular complexity index is 745. The molecule has 1 aliphatic heterocycles. The van der Waals surface area contributed by atoms with Crippen molar-refractivity contribution in [2.45, 2.75) is 18.9 Å². The second-order valence-electron chi connectivity index (χ2n) is 6.49. The predicted molar refractivity (Wildman–Crippen MR) is 98.1 cm³/mol. The van der Waals surface area contributed by atoms with Gasteiger partial charge in [0.05, 0.1) is 6.04 Å². The lowest BCUT2D eigenvalue weighted by Crippen LogP contribution is -2.34. The second-order valence-corrected chi connectivity index (χ2v) is 6.49. The van der Waals surface area contributed by atoms with Gasteiger partial charge in [0.25, 0.3) is 5.91 Å². The van der Waals surface area contributed by atoms with Crippen molar-refractivity contribution < 1.29 is 14.6 Å². The third-order valence-electron chi connectivity index (χ3n) is 4.56. The molecule has 0 unspecified atom stereocenters. The van der Waals surface area contributed by atoms with Gasteiger partial charge in [0.1, 0.15) is 0 Å². The Morgan fingerprint density at radius 3 is 2.80 bits per heavy atom. The van der Waals surface area contributed by atoms with Crippen LogP contribution in [0.3, 0.4) is 0 Å². The van der Waals surface area contributed by atoms with Crippen LogP contribution in [-0.4, -0.2) is 43.2 Å². The molecule has 1 amide bonds. The van der Waals surface area contributed by atoms with Gasteiger partial charge in [0.15, 0.2) is 18.1 Å². The normalized spacial score (nSPS) is 16.7. The van der Waals surface area contributed by atoms with Crippen LogP contribution in [0, 0.1) is 0 Å². The number of amides is 1. The molecule has 0 aromatic heterocycles. The van der Waals surface area contributed by atoms with Crippen molar-refractivity contribution in [3.05, 3.63) is 54.1 Å². The molecule has 5 nitrogen and oxygen atoms in total. The molecule has 3 rings (SSSR count). The molecule has 1 heterocycles. The number of phenols is 1. The number of hydrogen-bond acceptors (Lipinski definition) is 4. The van der Waals surface area contributed by atoms with E-state index in [1.54, 1.807) is 24.3 Å². The topological polar surface area (TPSA) is 53.0 Å². The predicted octanol–water partition coefficient (Wildman–Crippen LogP) is 3.20. The van der Waals surface area contributed by atoms with E-state index in [1.165, 1.54) is 0 Å². The van der Waals surface area contributed by atoms with Crippen molar-refractivity contribution >= 4 is 11.6 Å². The molecule has 0 saturated carbocycles. The number of carbonyl (C=O) groups is 1. The number of anilines is 1. The van der Waals surface area contributed by atoms with Crippen molar-refractivity contribution in [3.63, 3.8) is 0 Å². The van der Waals surface area contributed by atoms with Crippen LogP contribution in [0.5, 0.6) is 11.5 Å². The van der Waals surface area contributed by atoms with Gasteiger partial charge in [-0.15, -0.1) is 0 Å². The molecule has 2 aromatic carbocycles. The van der Waals surface area contributed by atoms with Crippen LogP contribution < -0.4 is 9.64 Å². The van der Waals surface area contributed by atoms with E-state index in [1.807, 2.05) is 25.1 Å². The molecule has 132 valence electrons. The van der Waals surface area contributed by atoms with Crippen LogP contribution in [-0.2, 0) is 4.79 Å². The zero-order chi connectivity index (χ0) is 17.8. The van der Waals surface area contributed by atoms with Gasteiger partial charge in [-0.05, 0) is 42.7 Å². The summed E-state index contributed by atoms with van der Waals surface area (Å²) in [5.41, 5.74) is 2.28. The molecule has 0 radical (unpaired) electrons. The first-order chi connectivity index (χ1) is 12.1. The van der Waals surface area contributed by atoms with Crippen LogP contribution >= 0.6 is 0 Å². The van der Waals surface area contributed by atoms with Gasteiger partial charge in [0, 0.05) is 26.3 Å². The van der Waals surface area contributed by atoms with Crippen molar-refractivity contribution in [1.82, 2.24) is 4.90 Å². The molecular weight excluding hydrogens is 316 g/mol. The second kappa shape index (κ2) is 7.47. The summed E-state index contributed by atoms with van der Waals surface area (Å²) in [7, 11) is 4.02. The molecule has 1 atom stereocenters. The lowest BCUT2D eigenvalue weighted by molar-refractivity contribution is -0.134. The molecule has 1 aliphatic rings. The fourth-order valence-corrected chi connectivity index (χ4v) is 3.22. The van der Waals surface area contributed by atoms with Crippen LogP contribution in [0.1, 0.15) is 24.4 Å². The Hall–Kier alpha value is -2.69. The first kappa shape index (κ1) is 17.1. The summed E-state index contributed by atoms with van der Waals surface area (Å²) in [6, 6.07) is 15.1. The SMILES string of the molecule is CN(C)c1cccc([C@H]2CCCN2C(=O)COc2ccccc2O)c1. The number of carbonyl (C=O) groups excluding carboxylic acids is 1. The number of benzene rings is 2.